The summed E-state index contributed by atoms with van der Waals surface area (Å²) in [7, 11) is 1.51. The molecule has 0 aliphatic heterocycles. The molecule has 2 N–H and O–H groups in total. The van der Waals surface area contributed by atoms with E-state index in [-0.39, 0.29) is 11.8 Å². The second-order valence-electron chi connectivity index (χ2n) is 4.75. The lowest BCUT2D eigenvalue weighted by Gasteiger charge is -2.11. The van der Waals surface area contributed by atoms with Crippen molar-refractivity contribution in [1.82, 2.24) is 0 Å². The van der Waals surface area contributed by atoms with Crippen LogP contribution in [0.3, 0.4) is 0 Å². The molecule has 0 fully saturated rings. The van der Waals surface area contributed by atoms with Gasteiger partial charge in [-0.3, -0.25) is 9.59 Å². The van der Waals surface area contributed by atoms with Crippen LogP contribution in [0.25, 0.3) is 0 Å². The van der Waals surface area contributed by atoms with E-state index in [0.29, 0.717) is 34.1 Å². The first kappa shape index (κ1) is 16.8. The molecule has 0 unspecified atom stereocenters. The van der Waals surface area contributed by atoms with Crippen LogP contribution < -0.4 is 15.4 Å². The molecule has 0 bridgehead atoms. The van der Waals surface area contributed by atoms with E-state index in [1.54, 1.807) is 49.4 Å². The normalized spacial score (nSPS) is 10.0. The smallest absolute Gasteiger partial charge is 0.259 e. The zero-order valence-corrected chi connectivity index (χ0v) is 13.6. The molecular weight excluding hydrogens is 316 g/mol. The number of anilines is 2. The molecular formula is C17H17ClN2O3. The van der Waals surface area contributed by atoms with Crippen LogP contribution in [0.15, 0.2) is 42.5 Å². The fourth-order valence-corrected chi connectivity index (χ4v) is 2.13. The topological polar surface area (TPSA) is 67.4 Å². The van der Waals surface area contributed by atoms with Gasteiger partial charge in [-0.2, -0.15) is 0 Å². The van der Waals surface area contributed by atoms with Crippen molar-refractivity contribution in [3.05, 3.63) is 53.1 Å². The molecule has 2 aromatic rings. The highest BCUT2D eigenvalue weighted by Gasteiger charge is 2.13. The van der Waals surface area contributed by atoms with Gasteiger partial charge in [-0.1, -0.05) is 30.7 Å². The monoisotopic (exact) mass is 332 g/mol. The number of rotatable bonds is 5. The Morgan fingerprint density at radius 3 is 2.57 bits per heavy atom. The Bertz CT molecular complexity index is 732. The number of benzene rings is 2. The highest BCUT2D eigenvalue weighted by molar-refractivity contribution is 6.33. The zero-order chi connectivity index (χ0) is 16.8. The van der Waals surface area contributed by atoms with E-state index in [1.807, 2.05) is 0 Å². The van der Waals surface area contributed by atoms with Crippen LogP contribution in [0.1, 0.15) is 23.7 Å². The predicted octanol–water partition coefficient (Wildman–Crippen LogP) is 3.95. The van der Waals surface area contributed by atoms with Gasteiger partial charge in [0.15, 0.2) is 0 Å². The minimum Gasteiger partial charge on any atom is -0.496 e. The van der Waals surface area contributed by atoms with Crippen molar-refractivity contribution in [2.75, 3.05) is 17.7 Å². The Balaban J connectivity index is 2.21. The largest absolute Gasteiger partial charge is 0.496 e. The standard InChI is InChI=1S/C17H17ClN2O3/c1-3-16(21)20-14-10-11(8-9-13(14)18)19-17(22)12-6-4-5-7-15(12)23-2/h4-10H,3H2,1-2H3,(H,19,22)(H,20,21). The lowest BCUT2D eigenvalue weighted by molar-refractivity contribution is -0.115. The quantitative estimate of drug-likeness (QED) is 0.871. The van der Waals surface area contributed by atoms with Gasteiger partial charge in [0.1, 0.15) is 5.75 Å². The van der Waals surface area contributed by atoms with Crippen LogP contribution in [0, 0.1) is 0 Å². The molecule has 120 valence electrons. The number of methoxy groups -OCH3 is 1. The molecule has 0 atom stereocenters. The summed E-state index contributed by atoms with van der Waals surface area (Å²) in [4.78, 5) is 23.9. The minimum absolute atomic E-state index is 0.153. The Morgan fingerprint density at radius 2 is 1.87 bits per heavy atom. The molecule has 2 aromatic carbocycles. The Kier molecular flexibility index (Phi) is 5.60. The Morgan fingerprint density at radius 1 is 1.13 bits per heavy atom. The first-order chi connectivity index (χ1) is 11.0. The Hall–Kier alpha value is -2.53. The molecule has 2 rings (SSSR count). The summed E-state index contributed by atoms with van der Waals surface area (Å²) in [6, 6.07) is 11.8. The molecule has 0 spiro atoms. The number of carbonyl (C=O) groups excluding carboxylic acids is 2. The van der Waals surface area contributed by atoms with Crippen molar-refractivity contribution in [2.45, 2.75) is 13.3 Å². The Labute approximate surface area is 139 Å². The maximum atomic E-state index is 12.4. The number of halogens is 1. The number of hydrogen-bond donors (Lipinski definition) is 2. The van der Waals surface area contributed by atoms with Gasteiger partial charge in [0.25, 0.3) is 5.91 Å². The van der Waals surface area contributed by atoms with Crippen molar-refractivity contribution in [2.24, 2.45) is 0 Å². The van der Waals surface area contributed by atoms with E-state index in [1.165, 1.54) is 7.11 Å². The third-order valence-electron chi connectivity index (χ3n) is 3.17. The summed E-state index contributed by atoms with van der Waals surface area (Å²) in [5.74, 6) is 0.0242. The summed E-state index contributed by atoms with van der Waals surface area (Å²) in [6.07, 6.45) is 0.341. The zero-order valence-electron chi connectivity index (χ0n) is 12.9. The van der Waals surface area contributed by atoms with E-state index < -0.39 is 0 Å². The number of amides is 2. The van der Waals surface area contributed by atoms with Gasteiger partial charge in [0.05, 0.1) is 23.4 Å². The molecule has 0 aliphatic carbocycles. The molecule has 23 heavy (non-hydrogen) atoms. The van der Waals surface area contributed by atoms with Gasteiger partial charge in [-0.05, 0) is 30.3 Å². The molecule has 5 nitrogen and oxygen atoms in total. The van der Waals surface area contributed by atoms with Crippen molar-refractivity contribution < 1.29 is 14.3 Å². The van der Waals surface area contributed by atoms with Gasteiger partial charge < -0.3 is 15.4 Å². The average molecular weight is 333 g/mol. The number of hydrogen-bond acceptors (Lipinski definition) is 3. The molecule has 0 saturated heterocycles. The van der Waals surface area contributed by atoms with Crippen LogP contribution in [0.2, 0.25) is 5.02 Å². The summed E-state index contributed by atoms with van der Waals surface area (Å²) in [5, 5.41) is 5.86. The van der Waals surface area contributed by atoms with E-state index in [0.717, 1.165) is 0 Å². The summed E-state index contributed by atoms with van der Waals surface area (Å²) >= 11 is 6.05. The molecule has 2 amide bonds. The van der Waals surface area contributed by atoms with Crippen molar-refractivity contribution in [1.29, 1.82) is 0 Å². The molecule has 0 heterocycles. The van der Waals surface area contributed by atoms with Crippen LogP contribution in [0.4, 0.5) is 11.4 Å². The fraction of sp³-hybridized carbons (Fsp3) is 0.176. The second-order valence-corrected chi connectivity index (χ2v) is 5.16. The summed E-state index contributed by atoms with van der Waals surface area (Å²) in [5.41, 5.74) is 1.40. The first-order valence-electron chi connectivity index (χ1n) is 7.09. The maximum absolute atomic E-state index is 12.4. The number of para-hydroxylation sites is 1. The highest BCUT2D eigenvalue weighted by atomic mass is 35.5. The maximum Gasteiger partial charge on any atom is 0.259 e. The van der Waals surface area contributed by atoms with E-state index in [2.05, 4.69) is 10.6 Å². The number of ether oxygens (including phenoxy) is 1. The van der Waals surface area contributed by atoms with Crippen molar-refractivity contribution >= 4 is 34.8 Å². The van der Waals surface area contributed by atoms with Crippen LogP contribution in [0.5, 0.6) is 5.75 Å². The van der Waals surface area contributed by atoms with Crippen LogP contribution in [-0.2, 0) is 4.79 Å². The third-order valence-corrected chi connectivity index (χ3v) is 3.50. The third kappa shape index (κ3) is 4.23. The van der Waals surface area contributed by atoms with E-state index in [4.69, 9.17) is 16.3 Å². The highest BCUT2D eigenvalue weighted by Crippen LogP contribution is 2.27. The van der Waals surface area contributed by atoms with Crippen molar-refractivity contribution in [3.8, 4) is 5.75 Å². The minimum atomic E-state index is -0.308. The lowest BCUT2D eigenvalue weighted by atomic mass is 10.2. The lowest BCUT2D eigenvalue weighted by Crippen LogP contribution is -2.14. The van der Waals surface area contributed by atoms with Crippen LogP contribution >= 0.6 is 11.6 Å². The number of nitrogens with one attached hydrogen (secondary N) is 2. The molecule has 0 aromatic heterocycles. The van der Waals surface area contributed by atoms with Gasteiger partial charge in [-0.15, -0.1) is 0 Å². The molecule has 6 heteroatoms. The van der Waals surface area contributed by atoms with Crippen LogP contribution in [-0.4, -0.2) is 18.9 Å². The predicted molar refractivity (Wildman–Crippen MR) is 91.3 cm³/mol. The molecule has 0 radical (unpaired) electrons. The summed E-state index contributed by atoms with van der Waals surface area (Å²) in [6.45, 7) is 1.75. The average Bonchev–Trinajstić information content (AvgIpc) is 2.57. The van der Waals surface area contributed by atoms with Gasteiger partial charge >= 0.3 is 0 Å². The fourth-order valence-electron chi connectivity index (χ4n) is 1.97. The second kappa shape index (κ2) is 7.65. The molecule has 0 aliphatic rings. The SMILES string of the molecule is CCC(=O)Nc1cc(NC(=O)c2ccccc2OC)ccc1Cl. The van der Waals surface area contributed by atoms with Gasteiger partial charge in [-0.25, -0.2) is 0 Å². The summed E-state index contributed by atoms with van der Waals surface area (Å²) < 4.78 is 5.18. The van der Waals surface area contributed by atoms with Crippen molar-refractivity contribution in [3.63, 3.8) is 0 Å². The van der Waals surface area contributed by atoms with Gasteiger partial charge in [0, 0.05) is 12.1 Å². The number of carbonyl (C=O) groups is 2. The molecule has 0 saturated carbocycles. The van der Waals surface area contributed by atoms with Gasteiger partial charge in [0.2, 0.25) is 5.91 Å². The van der Waals surface area contributed by atoms with E-state index in [9.17, 15) is 9.59 Å². The first-order valence-corrected chi connectivity index (χ1v) is 7.46. The van der Waals surface area contributed by atoms with E-state index >= 15 is 0 Å².